The van der Waals surface area contributed by atoms with Gasteiger partial charge in [-0.15, -0.1) is 0 Å². The summed E-state index contributed by atoms with van der Waals surface area (Å²) in [6.07, 6.45) is 6.96. The first kappa shape index (κ1) is 17.2. The smallest absolute Gasteiger partial charge is 0.317 e. The van der Waals surface area contributed by atoms with Gasteiger partial charge in [0, 0.05) is 37.1 Å². The summed E-state index contributed by atoms with van der Waals surface area (Å²) in [6, 6.07) is 7.26. The topological polar surface area (TPSA) is 62.8 Å². The monoisotopic (exact) mass is 371 g/mol. The lowest BCUT2D eigenvalue weighted by Gasteiger charge is -2.46. The molecule has 0 radical (unpaired) electrons. The van der Waals surface area contributed by atoms with Crippen molar-refractivity contribution in [2.24, 2.45) is 0 Å². The lowest BCUT2D eigenvalue weighted by Crippen LogP contribution is -2.64. The van der Waals surface area contributed by atoms with E-state index in [1.54, 1.807) is 0 Å². The first-order chi connectivity index (χ1) is 13.2. The molecule has 2 N–H and O–H groups in total. The molecule has 1 saturated carbocycles. The average Bonchev–Trinajstić information content (AvgIpc) is 3.23. The number of carbonyl (C=O) groups is 1. The van der Waals surface area contributed by atoms with Crippen molar-refractivity contribution in [1.29, 1.82) is 0 Å². The summed E-state index contributed by atoms with van der Waals surface area (Å²) in [7, 11) is 0. The summed E-state index contributed by atoms with van der Waals surface area (Å²) in [4.78, 5) is 14.9. The zero-order valence-electron chi connectivity index (χ0n) is 15.8. The van der Waals surface area contributed by atoms with Crippen LogP contribution < -0.4 is 20.1 Å². The molecule has 2 bridgehead atoms. The average molecular weight is 371 g/mol. The molecule has 4 fully saturated rings. The number of rotatable bonds is 3. The van der Waals surface area contributed by atoms with E-state index in [0.29, 0.717) is 31.8 Å². The molecule has 2 amide bonds. The Morgan fingerprint density at radius 1 is 1.19 bits per heavy atom. The van der Waals surface area contributed by atoms with Crippen LogP contribution in [-0.2, 0) is 5.41 Å². The molecule has 6 nitrogen and oxygen atoms in total. The second kappa shape index (κ2) is 6.89. The van der Waals surface area contributed by atoms with E-state index in [1.807, 2.05) is 6.07 Å². The van der Waals surface area contributed by atoms with E-state index >= 15 is 0 Å². The first-order valence-corrected chi connectivity index (χ1v) is 10.4. The fourth-order valence-corrected chi connectivity index (χ4v) is 5.30. The van der Waals surface area contributed by atoms with Crippen LogP contribution >= 0.6 is 0 Å². The molecule has 0 spiro atoms. The molecule has 1 aromatic rings. The van der Waals surface area contributed by atoms with Crippen LogP contribution in [0.5, 0.6) is 11.5 Å². The number of urea groups is 1. The van der Waals surface area contributed by atoms with Gasteiger partial charge in [0.1, 0.15) is 13.2 Å². The third-order valence-electron chi connectivity index (χ3n) is 6.90. The van der Waals surface area contributed by atoms with Crippen LogP contribution in [0.15, 0.2) is 18.2 Å². The Bertz CT molecular complexity index is 709. The van der Waals surface area contributed by atoms with Crippen LogP contribution in [0.3, 0.4) is 0 Å². The van der Waals surface area contributed by atoms with Crippen molar-refractivity contribution in [3.8, 4) is 11.5 Å². The van der Waals surface area contributed by atoms with Crippen LogP contribution in [0.25, 0.3) is 0 Å². The van der Waals surface area contributed by atoms with Crippen LogP contribution in [0.1, 0.15) is 44.1 Å². The van der Waals surface area contributed by atoms with Crippen molar-refractivity contribution in [3.05, 3.63) is 23.8 Å². The van der Waals surface area contributed by atoms with E-state index in [4.69, 9.17) is 9.47 Å². The van der Waals surface area contributed by atoms with E-state index in [-0.39, 0.29) is 11.4 Å². The van der Waals surface area contributed by atoms with Gasteiger partial charge in [0.25, 0.3) is 0 Å². The summed E-state index contributed by atoms with van der Waals surface area (Å²) < 4.78 is 11.5. The van der Waals surface area contributed by atoms with Crippen molar-refractivity contribution < 1.29 is 14.3 Å². The molecule has 1 aliphatic carbocycles. The predicted octanol–water partition coefficient (Wildman–Crippen LogP) is 2.42. The fraction of sp³-hybridized carbons (Fsp3) is 0.667. The third-order valence-corrected chi connectivity index (χ3v) is 6.90. The van der Waals surface area contributed by atoms with Crippen LogP contribution in [0.2, 0.25) is 0 Å². The van der Waals surface area contributed by atoms with Gasteiger partial charge < -0.3 is 25.0 Å². The number of ether oxygens (including phenoxy) is 2. The number of hydrogen-bond donors (Lipinski definition) is 2. The summed E-state index contributed by atoms with van der Waals surface area (Å²) in [5, 5.41) is 6.80. The van der Waals surface area contributed by atoms with Crippen molar-refractivity contribution in [2.45, 2.75) is 56.0 Å². The normalized spacial score (nSPS) is 28.2. The minimum atomic E-state index is 0.0124. The molecule has 1 aromatic carbocycles. The molecule has 2 atom stereocenters. The number of benzene rings is 1. The number of amides is 2. The van der Waals surface area contributed by atoms with E-state index in [2.05, 4.69) is 27.7 Å². The molecule has 3 saturated heterocycles. The van der Waals surface area contributed by atoms with Gasteiger partial charge in [0.2, 0.25) is 0 Å². The molecule has 2 unspecified atom stereocenters. The highest BCUT2D eigenvalue weighted by Crippen LogP contribution is 2.44. The largest absolute Gasteiger partial charge is 0.486 e. The molecule has 146 valence electrons. The Hall–Kier alpha value is -1.95. The van der Waals surface area contributed by atoms with E-state index in [0.717, 1.165) is 43.9 Å². The van der Waals surface area contributed by atoms with Gasteiger partial charge in [0.05, 0.1) is 0 Å². The second-order valence-corrected chi connectivity index (χ2v) is 8.49. The summed E-state index contributed by atoms with van der Waals surface area (Å²) in [5.41, 5.74) is 1.28. The van der Waals surface area contributed by atoms with Crippen molar-refractivity contribution in [1.82, 2.24) is 15.5 Å². The zero-order chi connectivity index (χ0) is 18.3. The van der Waals surface area contributed by atoms with Crippen molar-refractivity contribution >= 4 is 6.03 Å². The van der Waals surface area contributed by atoms with Gasteiger partial charge in [-0.1, -0.05) is 18.9 Å². The molecule has 4 heterocycles. The van der Waals surface area contributed by atoms with Crippen LogP contribution in [0.4, 0.5) is 4.79 Å². The maximum atomic E-state index is 12.9. The van der Waals surface area contributed by atoms with Gasteiger partial charge in [-0.05, 0) is 43.4 Å². The standard InChI is InChI=1S/C21H29N3O3/c25-20(24-13-16-4-5-17(24)12-22-16)23-14-21(7-1-2-8-21)15-3-6-18-19(11-15)27-10-9-26-18/h3,6,11,16-17,22H,1-2,4-5,7-10,12-14H2,(H,23,25). The number of piperidine rings is 2. The molecule has 6 heteroatoms. The molecule has 27 heavy (non-hydrogen) atoms. The third kappa shape index (κ3) is 3.14. The van der Waals surface area contributed by atoms with Crippen molar-refractivity contribution in [3.63, 3.8) is 0 Å². The molecular formula is C21H29N3O3. The molecule has 5 aliphatic rings. The lowest BCUT2D eigenvalue weighted by atomic mass is 9.78. The first-order valence-electron chi connectivity index (χ1n) is 10.4. The number of hydrogen-bond acceptors (Lipinski definition) is 4. The Morgan fingerprint density at radius 3 is 2.70 bits per heavy atom. The zero-order valence-corrected chi connectivity index (χ0v) is 15.8. The van der Waals surface area contributed by atoms with Gasteiger partial charge in [0.15, 0.2) is 11.5 Å². The highest BCUT2D eigenvalue weighted by Gasteiger charge is 2.39. The van der Waals surface area contributed by atoms with Crippen LogP contribution in [0, 0.1) is 0 Å². The SMILES string of the molecule is O=C(NCC1(c2ccc3c(c2)OCCO3)CCCC1)N1CC2CCC1CN2. The summed E-state index contributed by atoms with van der Waals surface area (Å²) in [6.45, 7) is 3.69. The van der Waals surface area contributed by atoms with E-state index in [1.165, 1.54) is 24.8 Å². The number of nitrogens with one attached hydrogen (secondary N) is 2. The predicted molar refractivity (Wildman–Crippen MR) is 102 cm³/mol. The highest BCUT2D eigenvalue weighted by atomic mass is 16.6. The van der Waals surface area contributed by atoms with E-state index < -0.39 is 0 Å². The number of piperazine rings is 1. The number of fused-ring (bicyclic) bond motifs is 4. The Kier molecular flexibility index (Phi) is 4.38. The minimum Gasteiger partial charge on any atom is -0.486 e. The van der Waals surface area contributed by atoms with Crippen molar-refractivity contribution in [2.75, 3.05) is 32.8 Å². The maximum Gasteiger partial charge on any atom is 0.317 e. The molecule has 0 aromatic heterocycles. The Balaban J connectivity index is 1.31. The maximum absolute atomic E-state index is 12.9. The van der Waals surface area contributed by atoms with Gasteiger partial charge in [-0.25, -0.2) is 4.79 Å². The molecule has 6 rings (SSSR count). The lowest BCUT2D eigenvalue weighted by molar-refractivity contribution is 0.0967. The quantitative estimate of drug-likeness (QED) is 0.857. The van der Waals surface area contributed by atoms with Crippen LogP contribution in [-0.4, -0.2) is 55.9 Å². The van der Waals surface area contributed by atoms with Gasteiger partial charge in [-0.3, -0.25) is 0 Å². The second-order valence-electron chi connectivity index (χ2n) is 8.49. The van der Waals surface area contributed by atoms with Gasteiger partial charge >= 0.3 is 6.03 Å². The Labute approximate surface area is 160 Å². The van der Waals surface area contributed by atoms with Gasteiger partial charge in [-0.2, -0.15) is 0 Å². The molecule has 4 aliphatic heterocycles. The van der Waals surface area contributed by atoms with E-state index in [9.17, 15) is 4.79 Å². The highest BCUT2D eigenvalue weighted by molar-refractivity contribution is 5.75. The minimum absolute atomic E-state index is 0.0124. The Morgan fingerprint density at radius 2 is 2.00 bits per heavy atom. The summed E-state index contributed by atoms with van der Waals surface area (Å²) >= 11 is 0. The molecular weight excluding hydrogens is 342 g/mol. The summed E-state index contributed by atoms with van der Waals surface area (Å²) in [5.74, 6) is 1.68. The fourth-order valence-electron chi connectivity index (χ4n) is 5.30. The number of nitrogens with zero attached hydrogens (tertiary/aromatic N) is 1. The number of carbonyl (C=O) groups excluding carboxylic acids is 1.